The van der Waals surface area contributed by atoms with Crippen LogP contribution >= 0.6 is 11.8 Å². The summed E-state index contributed by atoms with van der Waals surface area (Å²) >= 11 is 1.35. The molecule has 4 rings (SSSR count). The van der Waals surface area contributed by atoms with Crippen LogP contribution in [0.1, 0.15) is 16.8 Å². The average Bonchev–Trinajstić information content (AvgIpc) is 3.24. The largest absolute Gasteiger partial charge is 0.491 e. The van der Waals surface area contributed by atoms with Crippen molar-refractivity contribution in [2.24, 2.45) is 0 Å². The van der Waals surface area contributed by atoms with Crippen molar-refractivity contribution in [1.82, 2.24) is 15.2 Å². The Morgan fingerprint density at radius 2 is 1.81 bits per heavy atom. The maximum Gasteiger partial charge on any atom is 0.143 e. The summed E-state index contributed by atoms with van der Waals surface area (Å²) in [6.07, 6.45) is 0. The van der Waals surface area contributed by atoms with Crippen LogP contribution in [-0.4, -0.2) is 33.5 Å². The number of aromatic amines is 1. The van der Waals surface area contributed by atoms with E-state index in [4.69, 9.17) is 15.6 Å². The smallest absolute Gasteiger partial charge is 0.143 e. The number of benzene rings is 2. The van der Waals surface area contributed by atoms with Crippen LogP contribution in [0.25, 0.3) is 22.0 Å². The third kappa shape index (κ3) is 4.08. The Balaban J connectivity index is 1.72. The van der Waals surface area contributed by atoms with Crippen LogP contribution in [0, 0.1) is 22.7 Å². The van der Waals surface area contributed by atoms with Gasteiger partial charge < -0.3 is 15.6 Å². The molecule has 0 amide bonds. The summed E-state index contributed by atoms with van der Waals surface area (Å²) in [6, 6.07) is 19.0. The highest BCUT2D eigenvalue weighted by Crippen LogP contribution is 2.37. The van der Waals surface area contributed by atoms with Crippen LogP contribution in [-0.2, 0) is 5.75 Å². The summed E-state index contributed by atoms with van der Waals surface area (Å²) in [5.74, 6) is 1.14. The molecule has 0 radical (unpaired) electrons. The number of ether oxygens (including phenoxy) is 1. The molecule has 0 spiro atoms. The number of hydrogen-bond acceptors (Lipinski definition) is 8. The first-order valence-corrected chi connectivity index (χ1v) is 10.7. The monoisotopic (exact) mass is 442 g/mol. The lowest BCUT2D eigenvalue weighted by molar-refractivity contribution is 0.201. The molecular formula is C23H18N6O2S. The molecule has 158 valence electrons. The first-order valence-electron chi connectivity index (χ1n) is 9.68. The van der Waals surface area contributed by atoms with E-state index >= 15 is 0 Å². The zero-order chi connectivity index (χ0) is 22.5. The van der Waals surface area contributed by atoms with Crippen LogP contribution in [0.2, 0.25) is 0 Å². The van der Waals surface area contributed by atoms with E-state index in [1.165, 1.54) is 11.8 Å². The zero-order valence-corrected chi connectivity index (χ0v) is 17.7. The topological polar surface area (TPSA) is 145 Å². The predicted octanol–water partition coefficient (Wildman–Crippen LogP) is 3.61. The molecule has 0 bridgehead atoms. The van der Waals surface area contributed by atoms with Crippen LogP contribution < -0.4 is 10.5 Å². The van der Waals surface area contributed by atoms with Crippen LogP contribution in [0.3, 0.4) is 0 Å². The lowest BCUT2D eigenvalue weighted by atomic mass is 9.97. The van der Waals surface area contributed by atoms with E-state index in [-0.39, 0.29) is 30.2 Å². The van der Waals surface area contributed by atoms with E-state index in [1.807, 2.05) is 24.3 Å². The van der Waals surface area contributed by atoms with Gasteiger partial charge in [-0.3, -0.25) is 5.10 Å². The molecule has 0 aliphatic carbocycles. The summed E-state index contributed by atoms with van der Waals surface area (Å²) in [5.41, 5.74) is 9.40. The Labute approximate surface area is 188 Å². The number of H-pyrrole nitrogens is 1. The Kier molecular flexibility index (Phi) is 6.22. The second-order valence-electron chi connectivity index (χ2n) is 6.76. The minimum Gasteiger partial charge on any atom is -0.491 e. The van der Waals surface area contributed by atoms with Gasteiger partial charge in [-0.25, -0.2) is 4.98 Å². The molecule has 0 saturated heterocycles. The molecule has 0 saturated carbocycles. The number of thioether (sulfide) groups is 1. The van der Waals surface area contributed by atoms with Crippen molar-refractivity contribution in [3.63, 3.8) is 0 Å². The standard InChI is InChI=1S/C23H18N6O2S/c24-11-17-21(14-5-7-15(8-6-14)31-10-9-30)18(12-25)23(27-22(17)26)32-13-20-16-3-1-2-4-19(16)28-29-20/h1-8,30H,9-10,13H2,(H2,26,27)(H,28,29). The number of nitriles is 2. The van der Waals surface area contributed by atoms with Gasteiger partial charge in [-0.05, 0) is 23.8 Å². The highest BCUT2D eigenvalue weighted by atomic mass is 32.2. The number of aliphatic hydroxyl groups is 1. The molecule has 2 heterocycles. The van der Waals surface area contributed by atoms with Gasteiger partial charge in [-0.1, -0.05) is 42.1 Å². The number of nitrogens with one attached hydrogen (secondary N) is 1. The van der Waals surface area contributed by atoms with Gasteiger partial charge >= 0.3 is 0 Å². The number of fused-ring (bicyclic) bond motifs is 1. The highest BCUT2D eigenvalue weighted by Gasteiger charge is 2.21. The summed E-state index contributed by atoms with van der Waals surface area (Å²) in [5, 5.41) is 37.3. The maximum atomic E-state index is 9.94. The van der Waals surface area contributed by atoms with Gasteiger partial charge in [0.15, 0.2) is 0 Å². The average molecular weight is 443 g/mol. The minimum atomic E-state index is -0.0913. The van der Waals surface area contributed by atoms with Gasteiger partial charge in [0.2, 0.25) is 0 Å². The summed E-state index contributed by atoms with van der Waals surface area (Å²) in [6.45, 7) is 0.0868. The number of nitrogens with zero attached hydrogens (tertiary/aromatic N) is 4. The number of pyridine rings is 1. The number of hydrogen-bond donors (Lipinski definition) is 3. The fourth-order valence-electron chi connectivity index (χ4n) is 3.34. The molecule has 0 aliphatic heterocycles. The minimum absolute atomic E-state index is 0.0686. The van der Waals surface area contributed by atoms with Crippen molar-refractivity contribution in [3.05, 3.63) is 65.4 Å². The van der Waals surface area contributed by atoms with Gasteiger partial charge in [0.25, 0.3) is 0 Å². The van der Waals surface area contributed by atoms with Gasteiger partial charge in [0.05, 0.1) is 23.4 Å². The zero-order valence-electron chi connectivity index (χ0n) is 16.9. The van der Waals surface area contributed by atoms with Crippen LogP contribution in [0.4, 0.5) is 5.82 Å². The van der Waals surface area contributed by atoms with E-state index in [1.54, 1.807) is 24.3 Å². The van der Waals surface area contributed by atoms with Gasteiger partial charge in [0.1, 0.15) is 40.9 Å². The Morgan fingerprint density at radius 1 is 1.06 bits per heavy atom. The normalized spacial score (nSPS) is 10.6. The van der Waals surface area contributed by atoms with Crippen LogP contribution in [0.5, 0.6) is 5.75 Å². The van der Waals surface area contributed by atoms with E-state index in [2.05, 4.69) is 27.3 Å². The Morgan fingerprint density at radius 3 is 2.53 bits per heavy atom. The third-order valence-corrected chi connectivity index (χ3v) is 5.81. The molecule has 9 heteroatoms. The number of aliphatic hydroxyl groups excluding tert-OH is 1. The molecule has 0 unspecified atom stereocenters. The first-order chi connectivity index (χ1) is 15.7. The lowest BCUT2D eigenvalue weighted by Gasteiger charge is -2.13. The summed E-state index contributed by atoms with van der Waals surface area (Å²) < 4.78 is 5.39. The second kappa shape index (κ2) is 9.40. The maximum absolute atomic E-state index is 9.94. The van der Waals surface area contributed by atoms with Crippen molar-refractivity contribution < 1.29 is 9.84 Å². The predicted molar refractivity (Wildman–Crippen MR) is 122 cm³/mol. The molecule has 4 N–H and O–H groups in total. The van der Waals surface area contributed by atoms with E-state index in [0.717, 1.165) is 16.6 Å². The molecule has 2 aromatic heterocycles. The van der Waals surface area contributed by atoms with Gasteiger partial charge in [0, 0.05) is 16.7 Å². The summed E-state index contributed by atoms with van der Waals surface area (Å²) in [7, 11) is 0. The number of para-hydroxylation sites is 1. The molecular weight excluding hydrogens is 424 g/mol. The number of nitrogen functional groups attached to an aromatic ring is 1. The highest BCUT2D eigenvalue weighted by molar-refractivity contribution is 7.98. The molecule has 0 aliphatic rings. The number of nitrogens with two attached hydrogens (primary N) is 1. The van der Waals surface area contributed by atoms with Crippen LogP contribution in [0.15, 0.2) is 53.6 Å². The van der Waals surface area contributed by atoms with E-state index in [0.29, 0.717) is 27.7 Å². The number of anilines is 1. The number of aromatic nitrogens is 3. The van der Waals surface area contributed by atoms with Crippen molar-refractivity contribution in [2.75, 3.05) is 18.9 Å². The second-order valence-corrected chi connectivity index (χ2v) is 7.72. The van der Waals surface area contributed by atoms with Crippen molar-refractivity contribution >= 4 is 28.5 Å². The van der Waals surface area contributed by atoms with Gasteiger partial charge in [-0.2, -0.15) is 15.6 Å². The van der Waals surface area contributed by atoms with Gasteiger partial charge in [-0.15, -0.1) is 0 Å². The molecule has 2 aromatic carbocycles. The molecule has 4 aromatic rings. The fraction of sp³-hybridized carbons (Fsp3) is 0.130. The summed E-state index contributed by atoms with van der Waals surface area (Å²) in [4.78, 5) is 4.35. The Hall–Kier alpha value is -4.05. The Bertz CT molecular complexity index is 1350. The lowest BCUT2D eigenvalue weighted by Crippen LogP contribution is -2.04. The quantitative estimate of drug-likeness (QED) is 0.368. The third-order valence-electron chi connectivity index (χ3n) is 4.81. The first kappa shape index (κ1) is 21.2. The SMILES string of the molecule is N#Cc1c(N)nc(SCc2[nH]nc3ccccc23)c(C#N)c1-c1ccc(OCCO)cc1. The van der Waals surface area contributed by atoms with Crippen molar-refractivity contribution in [3.8, 4) is 29.0 Å². The molecule has 0 atom stereocenters. The van der Waals surface area contributed by atoms with Crippen molar-refractivity contribution in [2.45, 2.75) is 10.8 Å². The van der Waals surface area contributed by atoms with E-state index < -0.39 is 0 Å². The molecule has 8 nitrogen and oxygen atoms in total. The molecule has 32 heavy (non-hydrogen) atoms. The fourth-order valence-corrected chi connectivity index (χ4v) is 4.29. The van der Waals surface area contributed by atoms with E-state index in [9.17, 15) is 10.5 Å². The molecule has 0 fully saturated rings. The number of rotatable bonds is 7. The van der Waals surface area contributed by atoms with Crippen molar-refractivity contribution in [1.29, 1.82) is 10.5 Å².